The Bertz CT molecular complexity index is 897. The fourth-order valence-corrected chi connectivity index (χ4v) is 2.21. The Morgan fingerprint density at radius 3 is 2.41 bits per heavy atom. The monoisotopic (exact) mass is 401 g/mol. The van der Waals surface area contributed by atoms with Crippen molar-refractivity contribution in [2.24, 2.45) is 0 Å². The molecule has 0 bridgehead atoms. The van der Waals surface area contributed by atoms with Gasteiger partial charge in [-0.15, -0.1) is 0 Å². The number of carbonyl (C=O) groups is 3. The van der Waals surface area contributed by atoms with E-state index < -0.39 is 29.3 Å². The molecule has 0 saturated heterocycles. The van der Waals surface area contributed by atoms with Crippen molar-refractivity contribution in [1.82, 2.24) is 10.6 Å². The Kier molecular flexibility index (Phi) is 7.66. The number of esters is 1. The fourth-order valence-electron chi connectivity index (χ4n) is 2.21. The molecule has 29 heavy (non-hydrogen) atoms. The van der Waals surface area contributed by atoms with Gasteiger partial charge in [0.2, 0.25) is 5.91 Å². The molecular weight excluding hydrogens is 382 g/mol. The number of rotatable bonds is 9. The van der Waals surface area contributed by atoms with E-state index in [0.29, 0.717) is 16.9 Å². The molecule has 0 radical (unpaired) electrons. The predicted octanol–water partition coefficient (Wildman–Crippen LogP) is 1.19. The second kappa shape index (κ2) is 10.4. The summed E-state index contributed by atoms with van der Waals surface area (Å²) in [5, 5.41) is 15.5. The molecule has 0 aliphatic rings. The summed E-state index contributed by atoms with van der Waals surface area (Å²) in [7, 11) is 1.51. The van der Waals surface area contributed by atoms with Crippen LogP contribution >= 0.6 is 0 Å². The number of nitrogens with zero attached hydrogens (tertiary/aromatic N) is 1. The normalized spacial score (nSPS) is 9.97. The van der Waals surface area contributed by atoms with Gasteiger partial charge in [0, 0.05) is 17.7 Å². The minimum absolute atomic E-state index is 0.112. The number of carbonyl (C=O) groups excluding carboxylic acids is 3. The van der Waals surface area contributed by atoms with Crippen LogP contribution in [-0.4, -0.2) is 42.9 Å². The van der Waals surface area contributed by atoms with E-state index in [1.807, 2.05) is 0 Å². The highest BCUT2D eigenvalue weighted by Crippen LogP contribution is 2.13. The minimum Gasteiger partial charge on any atom is -0.497 e. The van der Waals surface area contributed by atoms with E-state index in [0.717, 1.165) is 0 Å². The maximum absolute atomic E-state index is 12.0. The lowest BCUT2D eigenvalue weighted by Gasteiger charge is -2.08. The van der Waals surface area contributed by atoms with Crippen molar-refractivity contribution < 1.29 is 28.8 Å². The summed E-state index contributed by atoms with van der Waals surface area (Å²) < 4.78 is 9.95. The van der Waals surface area contributed by atoms with Crippen LogP contribution in [0.1, 0.15) is 15.9 Å². The highest BCUT2D eigenvalue weighted by atomic mass is 16.6. The molecule has 2 aromatic carbocycles. The van der Waals surface area contributed by atoms with E-state index in [2.05, 4.69) is 10.6 Å². The molecule has 2 amide bonds. The molecule has 0 heterocycles. The Morgan fingerprint density at radius 1 is 1.03 bits per heavy atom. The fraction of sp³-hybridized carbons (Fsp3) is 0.211. The molecular formula is C19H19N3O7. The van der Waals surface area contributed by atoms with Crippen LogP contribution in [0.4, 0.5) is 5.69 Å². The smallest absolute Gasteiger partial charge is 0.325 e. The quantitative estimate of drug-likeness (QED) is 0.366. The van der Waals surface area contributed by atoms with Crippen molar-refractivity contribution in [2.75, 3.05) is 20.2 Å². The summed E-state index contributed by atoms with van der Waals surface area (Å²) in [6, 6.07) is 12.0. The van der Waals surface area contributed by atoms with E-state index >= 15 is 0 Å². The number of benzene rings is 2. The van der Waals surface area contributed by atoms with Gasteiger partial charge in [0.1, 0.15) is 18.9 Å². The number of ether oxygens (including phenoxy) is 2. The largest absolute Gasteiger partial charge is 0.497 e. The van der Waals surface area contributed by atoms with Crippen LogP contribution in [0.25, 0.3) is 0 Å². The summed E-state index contributed by atoms with van der Waals surface area (Å²) in [5.41, 5.74) is 0.694. The van der Waals surface area contributed by atoms with Crippen LogP contribution in [0.5, 0.6) is 5.75 Å². The summed E-state index contributed by atoms with van der Waals surface area (Å²) in [5.74, 6) is -1.13. The maximum Gasteiger partial charge on any atom is 0.325 e. The van der Waals surface area contributed by atoms with Crippen LogP contribution in [-0.2, 0) is 20.9 Å². The third-order valence-electron chi connectivity index (χ3n) is 3.71. The molecule has 2 rings (SSSR count). The lowest BCUT2D eigenvalue weighted by molar-refractivity contribution is -0.384. The first-order valence-corrected chi connectivity index (χ1v) is 8.47. The van der Waals surface area contributed by atoms with Gasteiger partial charge < -0.3 is 20.1 Å². The summed E-state index contributed by atoms with van der Waals surface area (Å²) >= 11 is 0. The third kappa shape index (κ3) is 6.94. The van der Waals surface area contributed by atoms with Gasteiger partial charge >= 0.3 is 5.97 Å². The molecule has 0 atom stereocenters. The molecule has 10 heteroatoms. The number of nitro groups is 1. The summed E-state index contributed by atoms with van der Waals surface area (Å²) in [6.07, 6.45) is 0. The Labute approximate surface area is 166 Å². The topological polar surface area (TPSA) is 137 Å². The molecule has 10 nitrogen and oxygen atoms in total. The van der Waals surface area contributed by atoms with Crippen molar-refractivity contribution in [3.05, 3.63) is 69.8 Å². The van der Waals surface area contributed by atoms with Crippen molar-refractivity contribution in [3.63, 3.8) is 0 Å². The SMILES string of the molecule is COc1ccc(C(=O)NCC(=O)NCC(=O)OCc2cccc([N+](=O)[O-])c2)cc1. The average molecular weight is 401 g/mol. The second-order valence-corrected chi connectivity index (χ2v) is 5.78. The Balaban J connectivity index is 1.70. The van der Waals surface area contributed by atoms with Crippen molar-refractivity contribution in [3.8, 4) is 5.75 Å². The van der Waals surface area contributed by atoms with E-state index in [9.17, 15) is 24.5 Å². The van der Waals surface area contributed by atoms with Crippen LogP contribution in [0.15, 0.2) is 48.5 Å². The summed E-state index contributed by atoms with van der Waals surface area (Å²) in [4.78, 5) is 45.6. The number of non-ortho nitro benzene ring substituents is 1. The number of hydrogen-bond acceptors (Lipinski definition) is 7. The van der Waals surface area contributed by atoms with Crippen molar-refractivity contribution in [1.29, 1.82) is 0 Å². The lowest BCUT2D eigenvalue weighted by atomic mass is 10.2. The lowest BCUT2D eigenvalue weighted by Crippen LogP contribution is -2.39. The Morgan fingerprint density at radius 2 is 1.76 bits per heavy atom. The van der Waals surface area contributed by atoms with E-state index in [-0.39, 0.29) is 18.8 Å². The van der Waals surface area contributed by atoms with Crippen molar-refractivity contribution in [2.45, 2.75) is 6.61 Å². The molecule has 0 aromatic heterocycles. The molecule has 0 unspecified atom stereocenters. The van der Waals surface area contributed by atoms with E-state index in [1.54, 1.807) is 30.3 Å². The number of nitro benzene ring substituents is 1. The molecule has 0 aliphatic heterocycles. The third-order valence-corrected chi connectivity index (χ3v) is 3.71. The first kappa shape index (κ1) is 21.4. The number of amides is 2. The van der Waals surface area contributed by atoms with Crippen molar-refractivity contribution >= 4 is 23.5 Å². The van der Waals surface area contributed by atoms with Gasteiger partial charge in [-0.25, -0.2) is 0 Å². The van der Waals surface area contributed by atoms with Gasteiger partial charge in [-0.3, -0.25) is 24.5 Å². The maximum atomic E-state index is 12.0. The van der Waals surface area contributed by atoms with Gasteiger partial charge in [-0.1, -0.05) is 12.1 Å². The van der Waals surface area contributed by atoms with Crippen LogP contribution < -0.4 is 15.4 Å². The number of hydrogen-bond donors (Lipinski definition) is 2. The zero-order chi connectivity index (χ0) is 21.2. The second-order valence-electron chi connectivity index (χ2n) is 5.78. The standard InChI is InChI=1S/C19H19N3O7/c1-28-16-7-5-14(6-8-16)19(25)21-10-17(23)20-11-18(24)29-12-13-3-2-4-15(9-13)22(26)27/h2-9H,10-12H2,1H3,(H,20,23)(H,21,25). The van der Waals surface area contributed by atoms with Crippen LogP contribution in [0, 0.1) is 10.1 Å². The average Bonchev–Trinajstić information content (AvgIpc) is 2.74. The molecule has 152 valence electrons. The van der Waals surface area contributed by atoms with Crippen LogP contribution in [0.3, 0.4) is 0 Å². The van der Waals surface area contributed by atoms with Gasteiger partial charge in [-0.05, 0) is 29.8 Å². The molecule has 0 saturated carbocycles. The predicted molar refractivity (Wildman–Crippen MR) is 101 cm³/mol. The Hall–Kier alpha value is -3.95. The highest BCUT2D eigenvalue weighted by molar-refractivity contribution is 5.96. The molecule has 2 aromatic rings. The number of nitrogens with one attached hydrogen (secondary N) is 2. The summed E-state index contributed by atoms with van der Waals surface area (Å²) in [6.45, 7) is -0.875. The van der Waals surface area contributed by atoms with Crippen LogP contribution in [0.2, 0.25) is 0 Å². The molecule has 0 aliphatic carbocycles. The van der Waals surface area contributed by atoms with Gasteiger partial charge in [-0.2, -0.15) is 0 Å². The first-order chi connectivity index (χ1) is 13.9. The zero-order valence-electron chi connectivity index (χ0n) is 15.5. The van der Waals surface area contributed by atoms with Gasteiger partial charge in [0.15, 0.2) is 0 Å². The van der Waals surface area contributed by atoms with E-state index in [1.165, 1.54) is 25.3 Å². The molecule has 2 N–H and O–H groups in total. The zero-order valence-corrected chi connectivity index (χ0v) is 15.5. The molecule has 0 spiro atoms. The number of methoxy groups -OCH3 is 1. The minimum atomic E-state index is -0.716. The van der Waals surface area contributed by atoms with Gasteiger partial charge in [0.05, 0.1) is 18.6 Å². The first-order valence-electron chi connectivity index (χ1n) is 8.47. The van der Waals surface area contributed by atoms with Gasteiger partial charge in [0.25, 0.3) is 11.6 Å². The highest BCUT2D eigenvalue weighted by Gasteiger charge is 2.11. The molecule has 0 fully saturated rings. The van der Waals surface area contributed by atoms with E-state index in [4.69, 9.17) is 9.47 Å².